The van der Waals surface area contributed by atoms with Crippen molar-refractivity contribution in [3.8, 4) is 5.75 Å². The van der Waals surface area contributed by atoms with Crippen molar-refractivity contribution >= 4 is 45.8 Å². The van der Waals surface area contributed by atoms with E-state index in [1.54, 1.807) is 19.1 Å². The van der Waals surface area contributed by atoms with E-state index >= 15 is 0 Å². The highest BCUT2D eigenvalue weighted by molar-refractivity contribution is 14.1. The van der Waals surface area contributed by atoms with E-state index in [-0.39, 0.29) is 23.2 Å². The minimum absolute atomic E-state index is 0.0518. The van der Waals surface area contributed by atoms with Crippen LogP contribution in [0.15, 0.2) is 36.4 Å². The summed E-state index contributed by atoms with van der Waals surface area (Å²) in [6.07, 6.45) is 2.32. The van der Waals surface area contributed by atoms with Crippen molar-refractivity contribution in [1.29, 1.82) is 0 Å². The molecule has 1 saturated carbocycles. The maximum absolute atomic E-state index is 13.1. The molecule has 1 amide bonds. The Balaban J connectivity index is 1.47. The van der Waals surface area contributed by atoms with Crippen molar-refractivity contribution < 1.29 is 19.1 Å². The Labute approximate surface area is 195 Å². The maximum Gasteiger partial charge on any atom is 0.305 e. The number of benzene rings is 2. The number of fused-ring (bicyclic) bond motifs is 2. The Morgan fingerprint density at radius 3 is 2.94 bits per heavy atom. The lowest BCUT2D eigenvalue weighted by molar-refractivity contribution is -0.143. The number of carbonyl (C=O) groups excluding carboxylic acids is 2. The van der Waals surface area contributed by atoms with Crippen LogP contribution in [0.1, 0.15) is 37.3 Å². The van der Waals surface area contributed by atoms with Crippen LogP contribution in [0.2, 0.25) is 0 Å². The molecule has 6 nitrogen and oxygen atoms in total. The number of carbonyl (C=O) groups is 2. The molecule has 0 saturated heterocycles. The SMILES string of the molecule is [C-]#[N+]c1ccc(CCCC(=O)OCC)c(NC(=O)[C@@H]2C[C@]23COc2ccc(I)cc23)c1. The van der Waals surface area contributed by atoms with Crippen molar-refractivity contribution in [2.24, 2.45) is 5.92 Å². The first-order valence-electron chi connectivity index (χ1n) is 10.4. The van der Waals surface area contributed by atoms with Gasteiger partial charge in [0.2, 0.25) is 5.91 Å². The van der Waals surface area contributed by atoms with Gasteiger partial charge in [-0.25, -0.2) is 4.85 Å². The predicted molar refractivity (Wildman–Crippen MR) is 125 cm³/mol. The summed E-state index contributed by atoms with van der Waals surface area (Å²) in [5, 5.41) is 3.05. The summed E-state index contributed by atoms with van der Waals surface area (Å²) in [5.74, 6) is 0.436. The van der Waals surface area contributed by atoms with Gasteiger partial charge >= 0.3 is 5.97 Å². The lowest BCUT2D eigenvalue weighted by atomic mass is 9.95. The fraction of sp³-hybridized carbons (Fsp3) is 0.375. The van der Waals surface area contributed by atoms with E-state index in [4.69, 9.17) is 16.0 Å². The normalized spacial score (nSPS) is 20.5. The molecule has 0 unspecified atom stereocenters. The van der Waals surface area contributed by atoms with Gasteiger partial charge in [0.1, 0.15) is 5.75 Å². The Bertz CT molecular complexity index is 1080. The molecular formula is C24H23IN2O4. The second-order valence-electron chi connectivity index (χ2n) is 7.94. The highest BCUT2D eigenvalue weighted by Gasteiger charge is 2.63. The van der Waals surface area contributed by atoms with Crippen LogP contribution in [0.3, 0.4) is 0 Å². The second-order valence-corrected chi connectivity index (χ2v) is 9.19. The zero-order valence-corrected chi connectivity index (χ0v) is 19.4. The van der Waals surface area contributed by atoms with Crippen LogP contribution in [0.4, 0.5) is 11.4 Å². The van der Waals surface area contributed by atoms with Gasteiger partial charge in [0.05, 0.1) is 25.7 Å². The van der Waals surface area contributed by atoms with E-state index in [1.165, 1.54) is 0 Å². The standard InChI is InChI=1S/C24H23IN2O4/c1-3-30-22(28)6-4-5-15-7-9-17(26-2)12-20(15)27-23(29)19-13-24(19)14-31-21-10-8-16(25)11-18(21)24/h7-12,19H,3-6,13-14H2,1H3,(H,27,29)/t19-,24+/m0/s1. The number of anilines is 1. The lowest BCUT2D eigenvalue weighted by Crippen LogP contribution is -2.22. The molecular weight excluding hydrogens is 507 g/mol. The van der Waals surface area contributed by atoms with E-state index < -0.39 is 0 Å². The highest BCUT2D eigenvalue weighted by atomic mass is 127. The zero-order valence-electron chi connectivity index (χ0n) is 17.2. The first-order valence-corrected chi connectivity index (χ1v) is 11.4. The van der Waals surface area contributed by atoms with Crippen molar-refractivity contribution in [2.75, 3.05) is 18.5 Å². The molecule has 2 aromatic rings. The van der Waals surface area contributed by atoms with Gasteiger partial charge in [-0.3, -0.25) is 9.59 Å². The van der Waals surface area contributed by atoms with Gasteiger partial charge in [0.15, 0.2) is 5.69 Å². The quantitative estimate of drug-likeness (QED) is 0.310. The van der Waals surface area contributed by atoms with E-state index in [0.717, 1.165) is 26.9 Å². The third kappa shape index (κ3) is 4.40. The van der Waals surface area contributed by atoms with Crippen LogP contribution < -0.4 is 10.1 Å². The first-order chi connectivity index (χ1) is 15.0. The number of hydrogen-bond donors (Lipinski definition) is 1. The average molecular weight is 530 g/mol. The summed E-state index contributed by atoms with van der Waals surface area (Å²) in [6.45, 7) is 9.98. The van der Waals surface area contributed by atoms with Crippen molar-refractivity contribution in [2.45, 2.75) is 38.0 Å². The Morgan fingerprint density at radius 1 is 1.32 bits per heavy atom. The number of amides is 1. The topological polar surface area (TPSA) is 69.0 Å². The number of halogens is 1. The van der Waals surface area contributed by atoms with Gasteiger partial charge < -0.3 is 14.8 Å². The summed E-state index contributed by atoms with van der Waals surface area (Å²) in [6, 6.07) is 11.4. The fourth-order valence-electron chi connectivity index (χ4n) is 4.25. The van der Waals surface area contributed by atoms with Crippen molar-refractivity contribution in [3.05, 3.63) is 62.5 Å². The number of ether oxygens (including phenoxy) is 2. The monoisotopic (exact) mass is 530 g/mol. The molecule has 2 aromatic carbocycles. The number of nitrogens with zero attached hydrogens (tertiary/aromatic N) is 1. The van der Waals surface area contributed by atoms with Crippen LogP contribution in [0.25, 0.3) is 4.85 Å². The van der Waals surface area contributed by atoms with Crippen LogP contribution in [-0.2, 0) is 26.2 Å². The van der Waals surface area contributed by atoms with Gasteiger partial charge in [-0.05, 0) is 78.6 Å². The maximum atomic E-state index is 13.1. The van der Waals surface area contributed by atoms with Crippen LogP contribution in [-0.4, -0.2) is 25.1 Å². The molecule has 1 spiro atoms. The molecule has 1 heterocycles. The number of nitrogens with one attached hydrogen (secondary N) is 1. The first kappa shape index (κ1) is 21.6. The molecule has 0 radical (unpaired) electrons. The molecule has 0 aromatic heterocycles. The van der Waals surface area contributed by atoms with Gasteiger partial charge in [-0.1, -0.05) is 12.1 Å². The molecule has 0 bridgehead atoms. The Hall–Kier alpha value is -2.60. The molecule has 2 aliphatic rings. The third-order valence-electron chi connectivity index (χ3n) is 5.97. The van der Waals surface area contributed by atoms with E-state index in [2.05, 4.69) is 38.8 Å². The smallest absolute Gasteiger partial charge is 0.305 e. The molecule has 1 N–H and O–H groups in total. The van der Waals surface area contributed by atoms with Gasteiger partial charge in [0.25, 0.3) is 0 Å². The Morgan fingerprint density at radius 2 is 2.16 bits per heavy atom. The van der Waals surface area contributed by atoms with Crippen molar-refractivity contribution in [3.63, 3.8) is 0 Å². The van der Waals surface area contributed by atoms with E-state index in [0.29, 0.717) is 43.9 Å². The third-order valence-corrected chi connectivity index (χ3v) is 6.64. The average Bonchev–Trinajstić information content (AvgIpc) is 3.39. The number of rotatable bonds is 7. The minimum Gasteiger partial charge on any atom is -0.492 e. The largest absolute Gasteiger partial charge is 0.492 e. The lowest BCUT2D eigenvalue weighted by Gasteiger charge is -2.14. The number of esters is 1. The van der Waals surface area contributed by atoms with E-state index in [9.17, 15) is 9.59 Å². The molecule has 1 aliphatic heterocycles. The summed E-state index contributed by atoms with van der Waals surface area (Å²) in [5.41, 5.74) is 2.90. The molecule has 1 aliphatic carbocycles. The summed E-state index contributed by atoms with van der Waals surface area (Å²) < 4.78 is 12.0. The minimum atomic E-state index is -0.248. The molecule has 4 rings (SSSR count). The summed E-state index contributed by atoms with van der Waals surface area (Å²) >= 11 is 2.28. The predicted octanol–water partition coefficient (Wildman–Crippen LogP) is 5.02. The number of hydrogen-bond acceptors (Lipinski definition) is 4. The second kappa shape index (κ2) is 8.87. The number of aryl methyl sites for hydroxylation is 1. The van der Waals surface area contributed by atoms with Crippen LogP contribution in [0, 0.1) is 16.1 Å². The summed E-state index contributed by atoms with van der Waals surface area (Å²) in [7, 11) is 0. The van der Waals surface area contributed by atoms with Gasteiger partial charge in [0, 0.05) is 26.7 Å². The molecule has 31 heavy (non-hydrogen) atoms. The van der Waals surface area contributed by atoms with Crippen LogP contribution in [0.5, 0.6) is 5.75 Å². The highest BCUT2D eigenvalue weighted by Crippen LogP contribution is 2.60. The van der Waals surface area contributed by atoms with Gasteiger partial charge in [-0.15, -0.1) is 0 Å². The van der Waals surface area contributed by atoms with Crippen LogP contribution >= 0.6 is 22.6 Å². The van der Waals surface area contributed by atoms with Crippen molar-refractivity contribution in [1.82, 2.24) is 0 Å². The summed E-state index contributed by atoms with van der Waals surface area (Å²) in [4.78, 5) is 28.2. The van der Waals surface area contributed by atoms with Gasteiger partial charge in [-0.2, -0.15) is 0 Å². The fourth-order valence-corrected chi connectivity index (χ4v) is 4.74. The Kier molecular flexibility index (Phi) is 6.19. The molecule has 7 heteroatoms. The molecule has 160 valence electrons. The zero-order chi connectivity index (χ0) is 22.0. The molecule has 1 fully saturated rings. The van der Waals surface area contributed by atoms with E-state index in [1.807, 2.05) is 18.2 Å². The molecule has 2 atom stereocenters.